The second-order valence-electron chi connectivity index (χ2n) is 2.74. The van der Waals surface area contributed by atoms with Crippen LogP contribution in [0.5, 0.6) is 0 Å². The van der Waals surface area contributed by atoms with E-state index in [1.54, 1.807) is 12.1 Å². The number of hydrogen-bond donors (Lipinski definition) is 1. The lowest BCUT2D eigenvalue weighted by atomic mass is 10.3. The predicted molar refractivity (Wildman–Crippen MR) is 55.4 cm³/mol. The third-order valence-electron chi connectivity index (χ3n) is 1.77. The highest BCUT2D eigenvalue weighted by atomic mass is 32.1. The molecule has 2 N–H and O–H groups in total. The third-order valence-corrected chi connectivity index (χ3v) is 2.79. The van der Waals surface area contributed by atoms with E-state index in [2.05, 4.69) is 9.72 Å². The molecule has 0 atom stereocenters. The van der Waals surface area contributed by atoms with Crippen molar-refractivity contribution in [3.63, 3.8) is 0 Å². The number of aromatic nitrogens is 1. The quantitative estimate of drug-likeness (QED) is 0.571. The molecule has 14 heavy (non-hydrogen) atoms. The smallest absolute Gasteiger partial charge is 0.367 e. The highest BCUT2D eigenvalue weighted by Crippen LogP contribution is 2.24. The standard InChI is InChI=1S/C9H8N2O2S/c1-13-9(12)8-11-6-4-5(10)2-3-7(6)14-8/h2-4H,10H2,1H3. The van der Waals surface area contributed by atoms with Crippen LogP contribution in [0.3, 0.4) is 0 Å². The number of anilines is 1. The molecule has 1 heterocycles. The maximum atomic E-state index is 11.2. The molecule has 0 saturated carbocycles. The van der Waals surface area contributed by atoms with Gasteiger partial charge in [-0.2, -0.15) is 0 Å². The molecule has 0 bridgehead atoms. The first kappa shape index (κ1) is 8.96. The minimum absolute atomic E-state index is 0.355. The lowest BCUT2D eigenvalue weighted by Crippen LogP contribution is -1.99. The van der Waals surface area contributed by atoms with E-state index >= 15 is 0 Å². The van der Waals surface area contributed by atoms with Gasteiger partial charge in [-0.1, -0.05) is 0 Å². The summed E-state index contributed by atoms with van der Waals surface area (Å²) in [5, 5.41) is 0.355. The Bertz CT molecular complexity index is 493. The van der Waals surface area contributed by atoms with Crippen LogP contribution < -0.4 is 5.73 Å². The third kappa shape index (κ3) is 1.42. The largest absolute Gasteiger partial charge is 0.464 e. The molecule has 0 unspecified atom stereocenters. The molecule has 0 spiro atoms. The van der Waals surface area contributed by atoms with E-state index in [1.165, 1.54) is 18.4 Å². The number of benzene rings is 1. The lowest BCUT2D eigenvalue weighted by molar-refractivity contribution is 0.0600. The topological polar surface area (TPSA) is 65.2 Å². The Labute approximate surface area is 84.3 Å². The fourth-order valence-electron chi connectivity index (χ4n) is 1.12. The number of rotatable bonds is 1. The predicted octanol–water partition coefficient (Wildman–Crippen LogP) is 1.67. The van der Waals surface area contributed by atoms with Crippen LogP contribution in [0.4, 0.5) is 5.69 Å². The zero-order valence-corrected chi connectivity index (χ0v) is 8.30. The van der Waals surface area contributed by atoms with Gasteiger partial charge in [-0.3, -0.25) is 0 Å². The number of nitrogens with zero attached hydrogens (tertiary/aromatic N) is 1. The first-order chi connectivity index (χ1) is 6.70. The lowest BCUT2D eigenvalue weighted by Gasteiger charge is -1.89. The average Bonchev–Trinajstić information content (AvgIpc) is 2.59. The highest BCUT2D eigenvalue weighted by Gasteiger charge is 2.11. The summed E-state index contributed by atoms with van der Waals surface area (Å²) < 4.78 is 5.50. The maximum absolute atomic E-state index is 11.2. The van der Waals surface area contributed by atoms with Gasteiger partial charge in [0.05, 0.1) is 17.3 Å². The van der Waals surface area contributed by atoms with Crippen LogP contribution in [-0.4, -0.2) is 18.1 Å². The van der Waals surface area contributed by atoms with E-state index in [0.717, 1.165) is 10.2 Å². The van der Waals surface area contributed by atoms with Crippen molar-refractivity contribution in [2.75, 3.05) is 12.8 Å². The van der Waals surface area contributed by atoms with Crippen molar-refractivity contribution in [2.24, 2.45) is 0 Å². The van der Waals surface area contributed by atoms with Gasteiger partial charge >= 0.3 is 5.97 Å². The Balaban J connectivity index is 2.56. The summed E-state index contributed by atoms with van der Waals surface area (Å²) in [6, 6.07) is 5.36. The Kier molecular flexibility index (Phi) is 2.09. The van der Waals surface area contributed by atoms with Crippen LogP contribution in [0.1, 0.15) is 9.80 Å². The molecule has 0 radical (unpaired) electrons. The molecule has 0 amide bonds. The van der Waals surface area contributed by atoms with Crippen LogP contribution in [0.25, 0.3) is 10.2 Å². The number of thiazole rings is 1. The van der Waals surface area contributed by atoms with Crippen molar-refractivity contribution in [1.29, 1.82) is 0 Å². The van der Waals surface area contributed by atoms with Crippen LogP contribution in [0.15, 0.2) is 18.2 Å². The van der Waals surface area contributed by atoms with E-state index in [0.29, 0.717) is 10.7 Å². The Morgan fingerprint density at radius 1 is 1.57 bits per heavy atom. The minimum atomic E-state index is -0.412. The van der Waals surface area contributed by atoms with Gasteiger partial charge in [-0.05, 0) is 18.2 Å². The van der Waals surface area contributed by atoms with Crippen molar-refractivity contribution < 1.29 is 9.53 Å². The number of carbonyl (C=O) groups is 1. The fraction of sp³-hybridized carbons (Fsp3) is 0.111. The number of hydrogen-bond acceptors (Lipinski definition) is 5. The van der Waals surface area contributed by atoms with E-state index in [1.807, 2.05) is 6.07 Å². The van der Waals surface area contributed by atoms with E-state index in [4.69, 9.17) is 5.73 Å². The van der Waals surface area contributed by atoms with Crippen molar-refractivity contribution >= 4 is 33.2 Å². The molecule has 0 fully saturated rings. The molecule has 0 saturated heterocycles. The summed E-state index contributed by atoms with van der Waals surface area (Å²) >= 11 is 1.30. The van der Waals surface area contributed by atoms with E-state index in [9.17, 15) is 4.79 Å². The summed E-state index contributed by atoms with van der Waals surface area (Å²) in [6.45, 7) is 0. The summed E-state index contributed by atoms with van der Waals surface area (Å²) in [5.74, 6) is -0.412. The number of carbonyl (C=O) groups excluding carboxylic acids is 1. The van der Waals surface area contributed by atoms with Gasteiger partial charge in [-0.25, -0.2) is 9.78 Å². The summed E-state index contributed by atoms with van der Waals surface area (Å²) in [7, 11) is 1.34. The molecule has 0 aliphatic heterocycles. The van der Waals surface area contributed by atoms with Gasteiger partial charge in [-0.15, -0.1) is 11.3 Å². The van der Waals surface area contributed by atoms with Crippen LogP contribution >= 0.6 is 11.3 Å². The monoisotopic (exact) mass is 208 g/mol. The number of nitrogens with two attached hydrogens (primary N) is 1. The fourth-order valence-corrected chi connectivity index (χ4v) is 1.98. The van der Waals surface area contributed by atoms with Crippen LogP contribution in [0, 0.1) is 0 Å². The number of esters is 1. The highest BCUT2D eigenvalue weighted by molar-refractivity contribution is 7.20. The summed E-state index contributed by atoms with van der Waals surface area (Å²) in [6.07, 6.45) is 0. The SMILES string of the molecule is COC(=O)c1nc2cc(N)ccc2s1. The molecule has 5 heteroatoms. The van der Waals surface area contributed by atoms with Gasteiger partial charge in [0.2, 0.25) is 5.01 Å². The molecule has 1 aromatic carbocycles. The number of fused-ring (bicyclic) bond motifs is 1. The summed E-state index contributed by atoms with van der Waals surface area (Å²) in [5.41, 5.74) is 6.96. The van der Waals surface area contributed by atoms with Crippen molar-refractivity contribution in [3.8, 4) is 0 Å². The zero-order valence-electron chi connectivity index (χ0n) is 7.48. The number of nitrogen functional groups attached to an aromatic ring is 1. The van der Waals surface area contributed by atoms with Gasteiger partial charge in [0.15, 0.2) is 0 Å². The molecule has 2 aromatic rings. The van der Waals surface area contributed by atoms with Crippen molar-refractivity contribution in [3.05, 3.63) is 23.2 Å². The van der Waals surface area contributed by atoms with Crippen LogP contribution in [-0.2, 0) is 4.74 Å². The zero-order chi connectivity index (χ0) is 10.1. The molecule has 72 valence electrons. The second kappa shape index (κ2) is 3.26. The normalized spacial score (nSPS) is 10.4. The Hall–Kier alpha value is -1.62. The average molecular weight is 208 g/mol. The molecule has 0 aliphatic carbocycles. The molecule has 4 nitrogen and oxygen atoms in total. The molecule has 0 aliphatic rings. The second-order valence-corrected chi connectivity index (χ2v) is 3.77. The molecular formula is C9H8N2O2S. The molecule has 1 aromatic heterocycles. The Morgan fingerprint density at radius 3 is 3.07 bits per heavy atom. The minimum Gasteiger partial charge on any atom is -0.464 e. The first-order valence-corrected chi connectivity index (χ1v) is 4.77. The Morgan fingerprint density at radius 2 is 2.36 bits per heavy atom. The van der Waals surface area contributed by atoms with E-state index in [-0.39, 0.29) is 0 Å². The maximum Gasteiger partial charge on any atom is 0.367 e. The van der Waals surface area contributed by atoms with Crippen molar-refractivity contribution in [2.45, 2.75) is 0 Å². The van der Waals surface area contributed by atoms with E-state index < -0.39 is 5.97 Å². The number of ether oxygens (including phenoxy) is 1. The molecular weight excluding hydrogens is 200 g/mol. The van der Waals surface area contributed by atoms with Gasteiger partial charge in [0.25, 0.3) is 0 Å². The number of methoxy groups -OCH3 is 1. The van der Waals surface area contributed by atoms with Gasteiger partial charge in [0, 0.05) is 5.69 Å². The van der Waals surface area contributed by atoms with Gasteiger partial charge in [0.1, 0.15) is 0 Å². The first-order valence-electron chi connectivity index (χ1n) is 3.95. The van der Waals surface area contributed by atoms with Gasteiger partial charge < -0.3 is 10.5 Å². The summed E-state index contributed by atoms with van der Waals surface area (Å²) in [4.78, 5) is 15.3. The molecule has 2 rings (SSSR count). The van der Waals surface area contributed by atoms with Crippen LogP contribution in [0.2, 0.25) is 0 Å². The van der Waals surface area contributed by atoms with Crippen molar-refractivity contribution in [1.82, 2.24) is 4.98 Å².